The largest absolute Gasteiger partial charge is 0.460 e. The van der Waals surface area contributed by atoms with Crippen molar-refractivity contribution in [1.82, 2.24) is 0 Å². The van der Waals surface area contributed by atoms with E-state index in [1.807, 2.05) is 20.3 Å². The summed E-state index contributed by atoms with van der Waals surface area (Å²) in [6.07, 6.45) is 1.22. The molecule has 5 heteroatoms. The number of aliphatic hydroxyl groups is 1. The molecule has 109 valence electrons. The molecule has 1 radical (unpaired) electrons. The molecular weight excluding hydrogens is 255 g/mol. The normalized spacial score (nSPS) is 14.2. The molecule has 1 N–H and O–H groups in total. The highest BCUT2D eigenvalue weighted by atomic mass is 16.6. The molecule has 0 saturated heterocycles. The second-order valence-electron chi connectivity index (χ2n) is 4.47. The number of rotatable bonds is 9. The highest BCUT2D eigenvalue weighted by molar-refractivity contribution is 6.37. The summed E-state index contributed by atoms with van der Waals surface area (Å²) in [5.41, 5.74) is 0.492. The number of hydrogen-bond donors (Lipinski definition) is 1. The van der Waals surface area contributed by atoms with Gasteiger partial charge in [-0.2, -0.15) is 0 Å². The van der Waals surface area contributed by atoms with Gasteiger partial charge >= 0.3 is 5.97 Å². The SMILES string of the molecule is [2H]C[C@H](CO)O[C@@H]([B]CCC)COC(=O)c1ccccc1. The molecular formula is C15H22BO4. The summed E-state index contributed by atoms with van der Waals surface area (Å²) in [7, 11) is 1.91. The van der Waals surface area contributed by atoms with Gasteiger partial charge < -0.3 is 14.6 Å². The first kappa shape index (κ1) is 15.1. The zero-order valence-corrected chi connectivity index (χ0v) is 11.8. The molecule has 0 unspecified atom stereocenters. The quantitative estimate of drug-likeness (QED) is 0.555. The molecule has 1 aromatic rings. The second-order valence-corrected chi connectivity index (χ2v) is 4.47. The van der Waals surface area contributed by atoms with Crippen LogP contribution in [-0.2, 0) is 9.47 Å². The van der Waals surface area contributed by atoms with Crippen molar-refractivity contribution in [3.63, 3.8) is 0 Å². The first-order chi connectivity index (χ1) is 10.2. The van der Waals surface area contributed by atoms with Gasteiger partial charge in [-0.3, -0.25) is 0 Å². The fraction of sp³-hybridized carbons (Fsp3) is 0.533. The Balaban J connectivity index is 2.50. The predicted molar refractivity (Wildman–Crippen MR) is 79.0 cm³/mol. The van der Waals surface area contributed by atoms with Crippen LogP contribution in [0, 0.1) is 0 Å². The van der Waals surface area contributed by atoms with E-state index < -0.39 is 18.1 Å². The van der Waals surface area contributed by atoms with Gasteiger partial charge in [-0.1, -0.05) is 37.9 Å². The molecule has 2 atom stereocenters. The number of carbonyl (C=O) groups excluding carboxylic acids is 1. The van der Waals surface area contributed by atoms with Crippen molar-refractivity contribution < 1.29 is 20.7 Å². The van der Waals surface area contributed by atoms with Crippen molar-refractivity contribution in [1.29, 1.82) is 0 Å². The van der Waals surface area contributed by atoms with Gasteiger partial charge in [-0.25, -0.2) is 4.79 Å². The molecule has 0 heterocycles. The van der Waals surface area contributed by atoms with Crippen LogP contribution in [0.2, 0.25) is 6.32 Å². The Morgan fingerprint density at radius 2 is 2.20 bits per heavy atom. The molecule has 1 rings (SSSR count). The molecule has 0 aliphatic heterocycles. The van der Waals surface area contributed by atoms with E-state index in [-0.39, 0.29) is 20.1 Å². The number of esters is 1. The Morgan fingerprint density at radius 3 is 2.80 bits per heavy atom. The number of aliphatic hydroxyl groups excluding tert-OH is 1. The first-order valence-electron chi connectivity index (χ1n) is 7.53. The maximum absolute atomic E-state index is 11.9. The van der Waals surface area contributed by atoms with Crippen molar-refractivity contribution >= 4 is 13.2 Å². The van der Waals surface area contributed by atoms with Gasteiger partial charge in [0, 0.05) is 1.37 Å². The lowest BCUT2D eigenvalue weighted by atomic mass is 9.67. The van der Waals surface area contributed by atoms with Crippen LogP contribution >= 0.6 is 0 Å². The Labute approximate surface area is 122 Å². The summed E-state index contributed by atoms with van der Waals surface area (Å²) in [6, 6.07) is 8.35. The third kappa shape index (κ3) is 6.22. The second kappa shape index (κ2) is 9.56. The van der Waals surface area contributed by atoms with E-state index >= 15 is 0 Å². The van der Waals surface area contributed by atoms with Gasteiger partial charge in [0.15, 0.2) is 7.28 Å². The van der Waals surface area contributed by atoms with Crippen molar-refractivity contribution in [2.24, 2.45) is 0 Å². The van der Waals surface area contributed by atoms with E-state index in [0.717, 1.165) is 12.7 Å². The Kier molecular flexibility index (Phi) is 7.20. The summed E-state index contributed by atoms with van der Waals surface area (Å²) in [4.78, 5) is 11.9. The summed E-state index contributed by atoms with van der Waals surface area (Å²) < 4.78 is 18.1. The van der Waals surface area contributed by atoms with Crippen LogP contribution < -0.4 is 0 Å². The van der Waals surface area contributed by atoms with Gasteiger partial charge in [-0.05, 0) is 19.0 Å². The third-order valence-electron chi connectivity index (χ3n) is 2.68. The molecule has 0 bridgehead atoms. The highest BCUT2D eigenvalue weighted by Crippen LogP contribution is 2.05. The summed E-state index contributed by atoms with van der Waals surface area (Å²) in [5.74, 6) is -0.402. The molecule has 0 fully saturated rings. The molecule has 1 aromatic carbocycles. The monoisotopic (exact) mass is 278 g/mol. The maximum atomic E-state index is 11.9. The van der Waals surface area contributed by atoms with Crippen LogP contribution in [0.25, 0.3) is 0 Å². The third-order valence-corrected chi connectivity index (χ3v) is 2.68. The van der Waals surface area contributed by atoms with Crippen LogP contribution in [0.4, 0.5) is 0 Å². The molecule has 0 aromatic heterocycles. The van der Waals surface area contributed by atoms with Gasteiger partial charge in [0.2, 0.25) is 0 Å². The van der Waals surface area contributed by atoms with Crippen LogP contribution in [0.3, 0.4) is 0 Å². The van der Waals surface area contributed by atoms with Crippen LogP contribution in [-0.4, -0.2) is 43.7 Å². The lowest BCUT2D eigenvalue weighted by Gasteiger charge is -2.20. The van der Waals surface area contributed by atoms with Gasteiger partial charge in [0.1, 0.15) is 6.61 Å². The maximum Gasteiger partial charge on any atom is 0.338 e. The minimum Gasteiger partial charge on any atom is -0.460 e. The van der Waals surface area contributed by atoms with E-state index in [0.29, 0.717) is 5.56 Å². The lowest BCUT2D eigenvalue weighted by Crippen LogP contribution is -2.32. The van der Waals surface area contributed by atoms with E-state index in [2.05, 4.69) is 0 Å². The summed E-state index contributed by atoms with van der Waals surface area (Å²) in [6.45, 7) is 1.88. The molecule has 0 spiro atoms. The molecule has 0 aliphatic rings. The van der Waals surface area contributed by atoms with Crippen molar-refractivity contribution in [3.05, 3.63) is 35.9 Å². The molecule has 0 aliphatic carbocycles. The molecule has 0 amide bonds. The van der Waals surface area contributed by atoms with Gasteiger partial charge in [0.05, 0.1) is 24.3 Å². The molecule has 20 heavy (non-hydrogen) atoms. The number of carbonyl (C=O) groups is 1. The Morgan fingerprint density at radius 1 is 1.45 bits per heavy atom. The van der Waals surface area contributed by atoms with Crippen LogP contribution in [0.15, 0.2) is 30.3 Å². The zero-order chi connectivity index (χ0) is 15.5. The van der Waals surface area contributed by atoms with Gasteiger partial charge in [0.25, 0.3) is 0 Å². The van der Waals surface area contributed by atoms with Crippen molar-refractivity contribution in [3.8, 4) is 0 Å². The number of benzene rings is 1. The topological polar surface area (TPSA) is 55.8 Å². The average molecular weight is 278 g/mol. The average Bonchev–Trinajstić information content (AvgIpc) is 2.54. The first-order valence-corrected chi connectivity index (χ1v) is 6.82. The van der Waals surface area contributed by atoms with E-state index in [1.54, 1.807) is 24.3 Å². The Bertz CT molecular complexity index is 398. The van der Waals surface area contributed by atoms with Crippen LogP contribution in [0.1, 0.15) is 32.0 Å². The van der Waals surface area contributed by atoms with Crippen molar-refractivity contribution in [2.45, 2.75) is 38.7 Å². The summed E-state index contributed by atoms with van der Waals surface area (Å²) in [5, 5.41) is 9.09. The fourth-order valence-corrected chi connectivity index (χ4v) is 1.62. The standard InChI is InChI=1S/C15H22BO4/c1-3-9-16-14(20-12(2)10-17)11-19-15(18)13-7-5-4-6-8-13/h4-8,12,14,17H,3,9-11H2,1-2H3/t12-,14-/m1/s1/i2D. The molecule has 0 saturated carbocycles. The lowest BCUT2D eigenvalue weighted by molar-refractivity contribution is -0.0252. The number of ether oxygens (including phenoxy) is 2. The highest BCUT2D eigenvalue weighted by Gasteiger charge is 2.16. The zero-order valence-electron chi connectivity index (χ0n) is 12.8. The van der Waals surface area contributed by atoms with Crippen molar-refractivity contribution in [2.75, 3.05) is 13.2 Å². The minimum absolute atomic E-state index is 0.0282. The van der Waals surface area contributed by atoms with Gasteiger partial charge in [-0.15, -0.1) is 0 Å². The molecule has 4 nitrogen and oxygen atoms in total. The number of hydrogen-bond acceptors (Lipinski definition) is 4. The minimum atomic E-state index is -0.557. The smallest absolute Gasteiger partial charge is 0.338 e. The van der Waals surface area contributed by atoms with E-state index in [9.17, 15) is 4.79 Å². The Hall–Kier alpha value is -1.33. The predicted octanol–water partition coefficient (Wildman–Crippen LogP) is 2.10. The van der Waals surface area contributed by atoms with E-state index in [4.69, 9.17) is 16.0 Å². The fourth-order valence-electron chi connectivity index (χ4n) is 1.62. The summed E-state index contributed by atoms with van der Waals surface area (Å²) >= 11 is 0. The van der Waals surface area contributed by atoms with E-state index in [1.165, 1.54) is 0 Å². The van der Waals surface area contributed by atoms with Crippen LogP contribution in [0.5, 0.6) is 0 Å².